The van der Waals surface area contributed by atoms with E-state index in [1.165, 1.54) is 6.07 Å². The highest BCUT2D eigenvalue weighted by molar-refractivity contribution is 6.33. The summed E-state index contributed by atoms with van der Waals surface area (Å²) in [5.74, 6) is 0.455. The molecule has 2 aromatic rings. The number of anilines is 1. The molecule has 4 nitrogen and oxygen atoms in total. The zero-order chi connectivity index (χ0) is 14.1. The number of hydrogen-bond donors (Lipinski definition) is 1. The number of benzene rings is 1. The van der Waals surface area contributed by atoms with Crippen LogP contribution in [-0.2, 0) is 4.74 Å². The fourth-order valence-corrected chi connectivity index (χ4v) is 2.80. The molecule has 0 saturated carbocycles. The van der Waals surface area contributed by atoms with Crippen molar-refractivity contribution in [1.82, 2.24) is 5.16 Å². The number of nitrogens with zero attached hydrogens (tertiary/aromatic N) is 1. The van der Waals surface area contributed by atoms with Crippen molar-refractivity contribution in [2.45, 2.75) is 18.8 Å². The van der Waals surface area contributed by atoms with E-state index in [-0.39, 0.29) is 17.3 Å². The van der Waals surface area contributed by atoms with Gasteiger partial charge in [0, 0.05) is 24.7 Å². The fraction of sp³-hybridized carbons (Fsp3) is 0.357. The van der Waals surface area contributed by atoms with Crippen molar-refractivity contribution in [1.29, 1.82) is 0 Å². The first-order chi connectivity index (χ1) is 9.68. The van der Waals surface area contributed by atoms with Crippen molar-refractivity contribution in [3.8, 4) is 11.1 Å². The standard InChI is InChI=1S/C14H14ClFN2O2/c15-9-2-1-3-10(16)11(9)12-13(20-18-14(12)17)8-4-6-19-7-5-8/h1-3,8H,4-7H2,(H2,17,18). The maximum Gasteiger partial charge on any atom is 0.175 e. The SMILES string of the molecule is Nc1noc(C2CCOCC2)c1-c1c(F)cccc1Cl. The fourth-order valence-electron chi connectivity index (χ4n) is 2.54. The molecule has 6 heteroatoms. The van der Waals surface area contributed by atoms with E-state index < -0.39 is 5.82 Å². The minimum absolute atomic E-state index is 0.124. The van der Waals surface area contributed by atoms with E-state index in [0.29, 0.717) is 29.6 Å². The lowest BCUT2D eigenvalue weighted by molar-refractivity contribution is 0.0792. The van der Waals surface area contributed by atoms with E-state index in [1.54, 1.807) is 12.1 Å². The number of nitrogens with two attached hydrogens (primary N) is 1. The van der Waals surface area contributed by atoms with Crippen molar-refractivity contribution >= 4 is 17.4 Å². The van der Waals surface area contributed by atoms with Crippen molar-refractivity contribution in [3.05, 3.63) is 34.8 Å². The first kappa shape index (κ1) is 13.4. The third kappa shape index (κ3) is 2.27. The highest BCUT2D eigenvalue weighted by atomic mass is 35.5. The monoisotopic (exact) mass is 296 g/mol. The Morgan fingerprint density at radius 2 is 2.00 bits per heavy atom. The van der Waals surface area contributed by atoms with Crippen LogP contribution in [0.4, 0.5) is 10.2 Å². The third-order valence-electron chi connectivity index (χ3n) is 3.55. The van der Waals surface area contributed by atoms with Crippen LogP contribution in [0, 0.1) is 5.82 Å². The Labute approximate surface area is 120 Å². The molecule has 20 heavy (non-hydrogen) atoms. The average Bonchev–Trinajstić information content (AvgIpc) is 2.82. The molecule has 2 N–H and O–H groups in total. The summed E-state index contributed by atoms with van der Waals surface area (Å²) >= 11 is 6.11. The number of ether oxygens (including phenoxy) is 1. The Balaban J connectivity index is 2.11. The van der Waals surface area contributed by atoms with Crippen LogP contribution >= 0.6 is 11.6 Å². The van der Waals surface area contributed by atoms with E-state index in [2.05, 4.69) is 5.16 Å². The Hall–Kier alpha value is -1.59. The Bertz CT molecular complexity index is 603. The summed E-state index contributed by atoms with van der Waals surface area (Å²) in [6.07, 6.45) is 1.60. The smallest absolute Gasteiger partial charge is 0.175 e. The average molecular weight is 297 g/mol. The predicted molar refractivity (Wildman–Crippen MR) is 74.1 cm³/mol. The van der Waals surface area contributed by atoms with Gasteiger partial charge in [-0.3, -0.25) is 0 Å². The van der Waals surface area contributed by atoms with E-state index >= 15 is 0 Å². The van der Waals surface area contributed by atoms with Gasteiger partial charge in [0.05, 0.1) is 10.6 Å². The van der Waals surface area contributed by atoms with Crippen LogP contribution in [0.2, 0.25) is 5.02 Å². The van der Waals surface area contributed by atoms with Crippen LogP contribution in [0.3, 0.4) is 0 Å². The van der Waals surface area contributed by atoms with Gasteiger partial charge in [-0.25, -0.2) is 4.39 Å². The van der Waals surface area contributed by atoms with Gasteiger partial charge in [-0.2, -0.15) is 0 Å². The maximum absolute atomic E-state index is 14.1. The highest BCUT2D eigenvalue weighted by Gasteiger charge is 2.28. The number of hydrogen-bond acceptors (Lipinski definition) is 4. The largest absolute Gasteiger partial charge is 0.381 e. The van der Waals surface area contributed by atoms with Crippen LogP contribution in [-0.4, -0.2) is 18.4 Å². The number of nitrogen functional groups attached to an aromatic ring is 1. The lowest BCUT2D eigenvalue weighted by Gasteiger charge is -2.20. The Kier molecular flexibility index (Phi) is 3.63. The lowest BCUT2D eigenvalue weighted by Crippen LogP contribution is -2.14. The summed E-state index contributed by atoms with van der Waals surface area (Å²) in [6, 6.07) is 4.53. The first-order valence-corrected chi connectivity index (χ1v) is 6.83. The van der Waals surface area contributed by atoms with Gasteiger partial charge >= 0.3 is 0 Å². The molecule has 1 aromatic heterocycles. The van der Waals surface area contributed by atoms with E-state index in [9.17, 15) is 4.39 Å². The molecule has 1 aliphatic rings. The van der Waals surface area contributed by atoms with Gasteiger partial charge in [-0.1, -0.05) is 22.8 Å². The van der Waals surface area contributed by atoms with Gasteiger partial charge in [-0.15, -0.1) is 0 Å². The summed E-state index contributed by atoms with van der Waals surface area (Å²) in [7, 11) is 0. The molecular weight excluding hydrogens is 283 g/mol. The molecular formula is C14H14ClFN2O2. The van der Waals surface area contributed by atoms with Crippen molar-refractivity contribution in [2.24, 2.45) is 0 Å². The van der Waals surface area contributed by atoms with Crippen LogP contribution in [0.5, 0.6) is 0 Å². The summed E-state index contributed by atoms with van der Waals surface area (Å²) in [4.78, 5) is 0. The van der Waals surface area contributed by atoms with Gasteiger partial charge in [0.25, 0.3) is 0 Å². The second-order valence-electron chi connectivity index (χ2n) is 4.79. The van der Waals surface area contributed by atoms with Crippen LogP contribution < -0.4 is 5.73 Å². The zero-order valence-corrected chi connectivity index (χ0v) is 11.5. The number of aromatic nitrogens is 1. The van der Waals surface area contributed by atoms with Crippen LogP contribution in [0.25, 0.3) is 11.1 Å². The maximum atomic E-state index is 14.1. The molecule has 0 spiro atoms. The molecule has 0 bridgehead atoms. The summed E-state index contributed by atoms with van der Waals surface area (Å²) in [5.41, 5.74) is 6.59. The molecule has 1 fully saturated rings. The summed E-state index contributed by atoms with van der Waals surface area (Å²) in [5, 5.41) is 4.09. The van der Waals surface area contributed by atoms with Gasteiger partial charge in [0.1, 0.15) is 11.6 Å². The lowest BCUT2D eigenvalue weighted by atomic mass is 9.91. The van der Waals surface area contributed by atoms with E-state index in [4.69, 9.17) is 26.6 Å². The molecule has 0 radical (unpaired) electrons. The van der Waals surface area contributed by atoms with Crippen molar-refractivity contribution < 1.29 is 13.7 Å². The van der Waals surface area contributed by atoms with E-state index in [0.717, 1.165) is 12.8 Å². The molecule has 2 heterocycles. The summed E-state index contributed by atoms with van der Waals surface area (Å²) in [6.45, 7) is 1.30. The molecule has 1 aliphatic heterocycles. The van der Waals surface area contributed by atoms with Crippen molar-refractivity contribution in [2.75, 3.05) is 18.9 Å². The molecule has 106 valence electrons. The van der Waals surface area contributed by atoms with Gasteiger partial charge in [-0.05, 0) is 25.0 Å². The van der Waals surface area contributed by atoms with Gasteiger partial charge in [0.2, 0.25) is 0 Å². The third-order valence-corrected chi connectivity index (χ3v) is 3.86. The highest BCUT2D eigenvalue weighted by Crippen LogP contribution is 2.41. The second-order valence-corrected chi connectivity index (χ2v) is 5.20. The zero-order valence-electron chi connectivity index (χ0n) is 10.7. The molecule has 0 aliphatic carbocycles. The minimum Gasteiger partial charge on any atom is -0.381 e. The number of halogens is 2. The minimum atomic E-state index is -0.430. The predicted octanol–water partition coefficient (Wildman–Crippen LogP) is 3.61. The van der Waals surface area contributed by atoms with Gasteiger partial charge in [0.15, 0.2) is 5.82 Å². The molecule has 0 atom stereocenters. The Morgan fingerprint density at radius 3 is 2.70 bits per heavy atom. The second kappa shape index (κ2) is 5.42. The summed E-state index contributed by atoms with van der Waals surface area (Å²) < 4.78 is 24.8. The molecule has 1 aromatic carbocycles. The van der Waals surface area contributed by atoms with Crippen LogP contribution in [0.15, 0.2) is 22.7 Å². The van der Waals surface area contributed by atoms with Crippen LogP contribution in [0.1, 0.15) is 24.5 Å². The first-order valence-electron chi connectivity index (χ1n) is 6.45. The van der Waals surface area contributed by atoms with Gasteiger partial charge < -0.3 is 15.0 Å². The molecule has 0 unspecified atom stereocenters. The van der Waals surface area contributed by atoms with Crippen molar-refractivity contribution in [3.63, 3.8) is 0 Å². The quantitative estimate of drug-likeness (QED) is 0.919. The molecule has 1 saturated heterocycles. The number of rotatable bonds is 2. The molecule has 0 amide bonds. The topological polar surface area (TPSA) is 61.3 Å². The van der Waals surface area contributed by atoms with E-state index in [1.807, 2.05) is 0 Å². The molecule has 3 rings (SSSR count). The Morgan fingerprint density at radius 1 is 1.25 bits per heavy atom. The normalized spacial score (nSPS) is 16.5.